The van der Waals surface area contributed by atoms with E-state index in [1.807, 2.05) is 30.0 Å². The van der Waals surface area contributed by atoms with Gasteiger partial charge in [0.2, 0.25) is 0 Å². The molecule has 2 heterocycles. The normalized spacial score (nSPS) is 20.7. The van der Waals surface area contributed by atoms with Crippen LogP contribution >= 0.6 is 12.2 Å². The third-order valence-corrected chi connectivity index (χ3v) is 8.63. The standard InChI is InChI=1S/C27H38N4O2S/c1-29(12-13-30(2)27(34)28-21-6-7-21)26(32)20-5-9-25-23(17-20)22-16-19(4-8-24(22)31(25)3)18-10-14-33-15-11-18/h5,9,17-19,21H,4,6-8,10-16H2,1-3H3,(H,28,34). The van der Waals surface area contributed by atoms with Gasteiger partial charge in [-0.3, -0.25) is 4.79 Å². The van der Waals surface area contributed by atoms with E-state index in [-0.39, 0.29) is 5.91 Å². The SMILES string of the molecule is CN(CCN(C)C(=S)NC1CC1)C(=O)c1ccc2c(c1)c1c(n2C)CCC(C2CCOCC2)C1. The van der Waals surface area contributed by atoms with Gasteiger partial charge in [0.25, 0.3) is 5.91 Å². The van der Waals surface area contributed by atoms with E-state index in [2.05, 4.69) is 29.1 Å². The Labute approximate surface area is 208 Å². The molecule has 1 aromatic heterocycles. The molecule has 2 aliphatic carbocycles. The predicted molar refractivity (Wildman–Crippen MR) is 140 cm³/mol. The first-order valence-corrected chi connectivity index (χ1v) is 13.3. The van der Waals surface area contributed by atoms with Crippen LogP contribution < -0.4 is 5.32 Å². The minimum atomic E-state index is 0.0748. The molecule has 1 amide bonds. The highest BCUT2D eigenvalue weighted by Crippen LogP contribution is 2.39. The van der Waals surface area contributed by atoms with Crippen LogP contribution in [0.15, 0.2) is 18.2 Å². The maximum Gasteiger partial charge on any atom is 0.253 e. The van der Waals surface area contributed by atoms with Gasteiger partial charge in [-0.1, -0.05) is 0 Å². The van der Waals surface area contributed by atoms with Crippen molar-refractivity contribution in [2.24, 2.45) is 18.9 Å². The van der Waals surface area contributed by atoms with Gasteiger partial charge in [0.05, 0.1) is 0 Å². The van der Waals surface area contributed by atoms with E-state index in [1.165, 1.54) is 54.3 Å². The molecule has 0 radical (unpaired) electrons. The minimum absolute atomic E-state index is 0.0748. The quantitative estimate of drug-likeness (QED) is 0.636. The summed E-state index contributed by atoms with van der Waals surface area (Å²) in [6, 6.07) is 6.82. The number of carbonyl (C=O) groups is 1. The zero-order valence-corrected chi connectivity index (χ0v) is 21.6. The predicted octanol–water partition coefficient (Wildman–Crippen LogP) is 3.75. The molecule has 1 aromatic carbocycles. The number of carbonyl (C=O) groups excluding carboxylic acids is 1. The molecule has 5 rings (SSSR count). The van der Waals surface area contributed by atoms with Crippen LogP contribution in [-0.2, 0) is 24.6 Å². The van der Waals surface area contributed by atoms with Gasteiger partial charge in [-0.25, -0.2) is 0 Å². The Morgan fingerprint density at radius 1 is 1.09 bits per heavy atom. The summed E-state index contributed by atoms with van der Waals surface area (Å²) in [5.74, 6) is 1.57. The van der Waals surface area contributed by atoms with Gasteiger partial charge in [0, 0.05) is 75.6 Å². The van der Waals surface area contributed by atoms with Crippen LogP contribution in [0.4, 0.5) is 0 Å². The average molecular weight is 483 g/mol. The van der Waals surface area contributed by atoms with Crippen LogP contribution in [-0.4, -0.2) is 71.8 Å². The zero-order chi connectivity index (χ0) is 23.8. The van der Waals surface area contributed by atoms with E-state index in [4.69, 9.17) is 17.0 Å². The fourth-order valence-corrected chi connectivity index (χ4v) is 6.02. The van der Waals surface area contributed by atoms with Crippen LogP contribution in [0.5, 0.6) is 0 Å². The van der Waals surface area contributed by atoms with Crippen molar-refractivity contribution in [3.63, 3.8) is 0 Å². The fourth-order valence-electron chi connectivity index (χ4n) is 5.76. The molecule has 1 N–H and O–H groups in total. The maximum absolute atomic E-state index is 13.3. The lowest BCUT2D eigenvalue weighted by atomic mass is 9.75. The second kappa shape index (κ2) is 9.86. The molecule has 1 aliphatic heterocycles. The minimum Gasteiger partial charge on any atom is -0.381 e. The van der Waals surface area contributed by atoms with Crippen LogP contribution in [0.25, 0.3) is 10.9 Å². The molecule has 1 atom stereocenters. The Morgan fingerprint density at radius 2 is 1.82 bits per heavy atom. The molecule has 0 bridgehead atoms. The lowest BCUT2D eigenvalue weighted by molar-refractivity contribution is 0.0439. The Kier molecular flexibility index (Phi) is 6.85. The topological polar surface area (TPSA) is 49.7 Å². The monoisotopic (exact) mass is 482 g/mol. The number of hydrogen-bond donors (Lipinski definition) is 1. The van der Waals surface area contributed by atoms with Crippen molar-refractivity contribution in [3.05, 3.63) is 35.0 Å². The van der Waals surface area contributed by atoms with E-state index in [0.717, 1.165) is 55.1 Å². The number of fused-ring (bicyclic) bond motifs is 3. The van der Waals surface area contributed by atoms with Crippen molar-refractivity contribution < 1.29 is 9.53 Å². The summed E-state index contributed by atoms with van der Waals surface area (Å²) in [4.78, 5) is 17.1. The third-order valence-electron chi connectivity index (χ3n) is 8.20. The molecule has 2 aromatic rings. The maximum atomic E-state index is 13.3. The Hall–Kier alpha value is -2.12. The van der Waals surface area contributed by atoms with E-state index in [1.54, 1.807) is 0 Å². The molecule has 0 spiro atoms. The molecule has 1 unspecified atom stereocenters. The lowest BCUT2D eigenvalue weighted by Gasteiger charge is -2.33. The van der Waals surface area contributed by atoms with Crippen molar-refractivity contribution in [2.45, 2.75) is 51.0 Å². The van der Waals surface area contributed by atoms with E-state index < -0.39 is 0 Å². The fraction of sp³-hybridized carbons (Fsp3) is 0.630. The largest absolute Gasteiger partial charge is 0.381 e. The second-order valence-electron chi connectivity index (χ2n) is 10.5. The molecule has 2 fully saturated rings. The zero-order valence-electron chi connectivity index (χ0n) is 20.8. The number of benzene rings is 1. The summed E-state index contributed by atoms with van der Waals surface area (Å²) < 4.78 is 7.96. The van der Waals surface area contributed by atoms with Gasteiger partial charge in [-0.2, -0.15) is 0 Å². The highest BCUT2D eigenvalue weighted by Gasteiger charge is 2.31. The number of amides is 1. The molecule has 184 valence electrons. The highest BCUT2D eigenvalue weighted by molar-refractivity contribution is 7.80. The molecule has 1 saturated heterocycles. The smallest absolute Gasteiger partial charge is 0.253 e. The molecule has 7 heteroatoms. The first-order valence-electron chi connectivity index (χ1n) is 12.9. The first-order chi connectivity index (χ1) is 16.4. The van der Waals surface area contributed by atoms with Crippen molar-refractivity contribution in [1.82, 2.24) is 19.7 Å². The van der Waals surface area contributed by atoms with Gasteiger partial charge in [-0.05, 0) is 92.8 Å². The molecular weight excluding hydrogens is 444 g/mol. The van der Waals surface area contributed by atoms with Gasteiger partial charge in [-0.15, -0.1) is 0 Å². The van der Waals surface area contributed by atoms with Crippen LogP contribution in [0.3, 0.4) is 0 Å². The number of ether oxygens (including phenoxy) is 1. The lowest BCUT2D eigenvalue weighted by Crippen LogP contribution is -2.42. The summed E-state index contributed by atoms with van der Waals surface area (Å²) >= 11 is 5.47. The van der Waals surface area contributed by atoms with E-state index in [9.17, 15) is 4.79 Å². The van der Waals surface area contributed by atoms with Crippen molar-refractivity contribution in [2.75, 3.05) is 40.4 Å². The third kappa shape index (κ3) is 4.82. The first kappa shape index (κ1) is 23.6. The summed E-state index contributed by atoms with van der Waals surface area (Å²) in [5.41, 5.74) is 4.94. The second-order valence-corrected chi connectivity index (χ2v) is 10.9. The van der Waals surface area contributed by atoms with Gasteiger partial charge < -0.3 is 24.4 Å². The molecule has 34 heavy (non-hydrogen) atoms. The summed E-state index contributed by atoms with van der Waals surface area (Å²) in [5, 5.41) is 5.40. The highest BCUT2D eigenvalue weighted by atomic mass is 32.1. The number of aromatic nitrogens is 1. The molecule has 1 saturated carbocycles. The number of aryl methyl sites for hydroxylation is 1. The van der Waals surface area contributed by atoms with Crippen molar-refractivity contribution in [1.29, 1.82) is 0 Å². The van der Waals surface area contributed by atoms with Crippen molar-refractivity contribution in [3.8, 4) is 0 Å². The Bertz CT molecular complexity index is 1070. The van der Waals surface area contributed by atoms with Crippen LogP contribution in [0.1, 0.15) is 53.7 Å². The van der Waals surface area contributed by atoms with Gasteiger partial charge in [0.1, 0.15) is 0 Å². The van der Waals surface area contributed by atoms with E-state index >= 15 is 0 Å². The van der Waals surface area contributed by atoms with Gasteiger partial charge >= 0.3 is 0 Å². The van der Waals surface area contributed by atoms with E-state index in [0.29, 0.717) is 12.6 Å². The number of rotatable bonds is 6. The van der Waals surface area contributed by atoms with Gasteiger partial charge in [0.15, 0.2) is 5.11 Å². The van der Waals surface area contributed by atoms with Crippen LogP contribution in [0, 0.1) is 11.8 Å². The summed E-state index contributed by atoms with van der Waals surface area (Å²) in [6.07, 6.45) is 8.30. The van der Waals surface area contributed by atoms with Crippen LogP contribution in [0.2, 0.25) is 0 Å². The summed E-state index contributed by atoms with van der Waals surface area (Å²) in [6.45, 7) is 3.17. The number of likely N-dealkylation sites (N-methyl/N-ethyl adjacent to an activating group) is 2. The number of hydrogen-bond acceptors (Lipinski definition) is 3. The Morgan fingerprint density at radius 3 is 2.56 bits per heavy atom. The number of nitrogens with one attached hydrogen (secondary N) is 1. The van der Waals surface area contributed by atoms with Crippen molar-refractivity contribution >= 4 is 34.1 Å². The average Bonchev–Trinajstić information content (AvgIpc) is 3.65. The molecule has 3 aliphatic rings. The summed E-state index contributed by atoms with van der Waals surface area (Å²) in [7, 11) is 6.06. The molecule has 6 nitrogen and oxygen atoms in total. The number of nitrogens with zero attached hydrogens (tertiary/aromatic N) is 3. The molecular formula is C27H38N4O2S. The number of thiocarbonyl (C=S) groups is 1. The Balaban J connectivity index is 1.29.